The van der Waals surface area contributed by atoms with E-state index < -0.39 is 5.79 Å². The quantitative estimate of drug-likeness (QED) is 0.517. The minimum atomic E-state index is -0.510. The normalized spacial score (nSPS) is 53.3. The SMILES string of the molecule is C[C@@]12C[C@H]3OC(=O)C[C@]3(CCO1)O2. The van der Waals surface area contributed by atoms with Crippen molar-refractivity contribution in [2.75, 3.05) is 6.61 Å². The average Bonchev–Trinajstić information content (AvgIpc) is 2.33. The van der Waals surface area contributed by atoms with E-state index in [9.17, 15) is 4.79 Å². The Labute approximate surface area is 76.1 Å². The maximum atomic E-state index is 11.1. The summed E-state index contributed by atoms with van der Waals surface area (Å²) in [6.45, 7) is 2.59. The summed E-state index contributed by atoms with van der Waals surface area (Å²) < 4.78 is 16.5. The number of ether oxygens (including phenoxy) is 3. The number of hydrogen-bond acceptors (Lipinski definition) is 4. The third-order valence-electron chi connectivity index (χ3n) is 3.21. The van der Waals surface area contributed by atoms with Crippen LogP contribution in [0, 0.1) is 0 Å². The molecule has 3 aliphatic rings. The Hall–Kier alpha value is -0.610. The van der Waals surface area contributed by atoms with Crippen molar-refractivity contribution < 1.29 is 19.0 Å². The molecule has 0 radical (unpaired) electrons. The number of rotatable bonds is 0. The molecule has 0 aromatic carbocycles. The number of carbonyl (C=O) groups excluding carboxylic acids is 1. The summed E-state index contributed by atoms with van der Waals surface area (Å²) >= 11 is 0. The summed E-state index contributed by atoms with van der Waals surface area (Å²) in [5, 5.41) is 0. The van der Waals surface area contributed by atoms with Gasteiger partial charge >= 0.3 is 5.97 Å². The van der Waals surface area contributed by atoms with E-state index in [0.29, 0.717) is 19.4 Å². The molecule has 4 nitrogen and oxygen atoms in total. The Morgan fingerprint density at radius 3 is 3.23 bits per heavy atom. The third kappa shape index (κ3) is 0.901. The van der Waals surface area contributed by atoms with Crippen molar-refractivity contribution in [3.05, 3.63) is 0 Å². The molecule has 3 atom stereocenters. The monoisotopic (exact) mass is 184 g/mol. The van der Waals surface area contributed by atoms with Crippen LogP contribution < -0.4 is 0 Å². The summed E-state index contributed by atoms with van der Waals surface area (Å²) in [6.07, 6.45) is 1.78. The molecule has 2 bridgehead atoms. The molecule has 3 aliphatic heterocycles. The van der Waals surface area contributed by atoms with Crippen molar-refractivity contribution in [3.63, 3.8) is 0 Å². The van der Waals surface area contributed by atoms with Gasteiger partial charge in [0.15, 0.2) is 5.79 Å². The van der Waals surface area contributed by atoms with E-state index in [1.165, 1.54) is 0 Å². The first-order chi connectivity index (χ1) is 6.12. The molecule has 1 spiro atoms. The first-order valence-electron chi connectivity index (χ1n) is 4.66. The van der Waals surface area contributed by atoms with Gasteiger partial charge in [0, 0.05) is 12.8 Å². The Morgan fingerprint density at radius 1 is 1.54 bits per heavy atom. The van der Waals surface area contributed by atoms with Crippen LogP contribution in [0.4, 0.5) is 0 Å². The van der Waals surface area contributed by atoms with Crippen molar-refractivity contribution in [3.8, 4) is 0 Å². The number of fused-ring (bicyclic) bond motifs is 1. The van der Waals surface area contributed by atoms with Crippen LogP contribution in [-0.4, -0.2) is 30.1 Å². The van der Waals surface area contributed by atoms with Crippen LogP contribution in [0.3, 0.4) is 0 Å². The zero-order valence-electron chi connectivity index (χ0n) is 7.54. The van der Waals surface area contributed by atoms with E-state index in [1.807, 2.05) is 6.92 Å². The smallest absolute Gasteiger partial charge is 0.309 e. The van der Waals surface area contributed by atoms with Gasteiger partial charge in [-0.05, 0) is 6.92 Å². The highest BCUT2D eigenvalue weighted by Crippen LogP contribution is 2.51. The second kappa shape index (κ2) is 2.07. The highest BCUT2D eigenvalue weighted by molar-refractivity contribution is 5.74. The van der Waals surface area contributed by atoms with E-state index >= 15 is 0 Å². The highest BCUT2D eigenvalue weighted by atomic mass is 16.7. The minimum absolute atomic E-state index is 0.0764. The second-order valence-electron chi connectivity index (χ2n) is 4.26. The molecule has 0 aliphatic carbocycles. The lowest BCUT2D eigenvalue weighted by atomic mass is 9.92. The lowest BCUT2D eigenvalue weighted by molar-refractivity contribution is -0.278. The first kappa shape index (κ1) is 7.76. The van der Waals surface area contributed by atoms with Gasteiger partial charge in [0.05, 0.1) is 13.0 Å². The molecule has 13 heavy (non-hydrogen) atoms. The van der Waals surface area contributed by atoms with Gasteiger partial charge in [-0.3, -0.25) is 4.79 Å². The molecule has 0 unspecified atom stereocenters. The van der Waals surface area contributed by atoms with E-state index in [1.54, 1.807) is 0 Å². The van der Waals surface area contributed by atoms with Gasteiger partial charge in [0.25, 0.3) is 0 Å². The van der Waals surface area contributed by atoms with Gasteiger partial charge in [-0.25, -0.2) is 0 Å². The van der Waals surface area contributed by atoms with Crippen LogP contribution in [0.15, 0.2) is 0 Å². The van der Waals surface area contributed by atoms with E-state index in [0.717, 1.165) is 6.42 Å². The molecule has 0 aromatic rings. The molecule has 0 N–H and O–H groups in total. The third-order valence-corrected chi connectivity index (χ3v) is 3.21. The molecule has 3 saturated heterocycles. The zero-order valence-corrected chi connectivity index (χ0v) is 7.54. The van der Waals surface area contributed by atoms with Crippen LogP contribution in [0.5, 0.6) is 0 Å². The molecular weight excluding hydrogens is 172 g/mol. The summed E-state index contributed by atoms with van der Waals surface area (Å²) in [5.41, 5.74) is -0.357. The van der Waals surface area contributed by atoms with Gasteiger partial charge in [-0.2, -0.15) is 0 Å². The van der Waals surface area contributed by atoms with Crippen molar-refractivity contribution in [1.29, 1.82) is 0 Å². The zero-order chi connectivity index (χ0) is 9.10. The molecular formula is C9H12O4. The first-order valence-corrected chi connectivity index (χ1v) is 4.66. The topological polar surface area (TPSA) is 44.8 Å². The fraction of sp³-hybridized carbons (Fsp3) is 0.889. The van der Waals surface area contributed by atoms with Gasteiger partial charge in [0.2, 0.25) is 0 Å². The molecule has 0 aromatic heterocycles. The summed E-state index contributed by atoms with van der Waals surface area (Å²) in [4.78, 5) is 11.1. The Bertz CT molecular complexity index is 277. The molecule has 72 valence electrons. The number of hydrogen-bond donors (Lipinski definition) is 0. The van der Waals surface area contributed by atoms with Gasteiger partial charge < -0.3 is 14.2 Å². The Morgan fingerprint density at radius 2 is 2.38 bits per heavy atom. The van der Waals surface area contributed by atoms with Gasteiger partial charge in [0.1, 0.15) is 11.7 Å². The van der Waals surface area contributed by atoms with E-state index in [-0.39, 0.29) is 17.7 Å². The molecule has 0 saturated carbocycles. The van der Waals surface area contributed by atoms with Crippen molar-refractivity contribution in [1.82, 2.24) is 0 Å². The second-order valence-corrected chi connectivity index (χ2v) is 4.26. The van der Waals surface area contributed by atoms with Crippen LogP contribution >= 0.6 is 0 Å². The standard InChI is InChI=1S/C9H12O4/c1-8-4-6-9(13-8,2-3-11-8)5-7(10)12-6/h6H,2-5H2,1H3/t6-,8-,9+/m1/s1. The lowest BCUT2D eigenvalue weighted by Gasteiger charge is -2.35. The van der Waals surface area contributed by atoms with E-state index in [4.69, 9.17) is 14.2 Å². The van der Waals surface area contributed by atoms with Gasteiger partial charge in [-0.15, -0.1) is 0 Å². The maximum Gasteiger partial charge on any atom is 0.309 e. The fourth-order valence-electron chi connectivity index (χ4n) is 2.63. The molecule has 4 heteroatoms. The van der Waals surface area contributed by atoms with Crippen LogP contribution in [0.2, 0.25) is 0 Å². The van der Waals surface area contributed by atoms with Crippen LogP contribution in [-0.2, 0) is 19.0 Å². The van der Waals surface area contributed by atoms with Crippen molar-refractivity contribution in [2.45, 2.75) is 43.7 Å². The lowest BCUT2D eigenvalue weighted by Crippen LogP contribution is -2.43. The largest absolute Gasteiger partial charge is 0.459 e. The van der Waals surface area contributed by atoms with Crippen molar-refractivity contribution in [2.24, 2.45) is 0 Å². The predicted molar refractivity (Wildman–Crippen MR) is 41.9 cm³/mol. The maximum absolute atomic E-state index is 11.1. The van der Waals surface area contributed by atoms with Crippen LogP contribution in [0.25, 0.3) is 0 Å². The number of esters is 1. The van der Waals surface area contributed by atoms with Crippen LogP contribution in [0.1, 0.15) is 26.2 Å². The molecule has 0 amide bonds. The number of carbonyl (C=O) groups is 1. The summed E-state index contributed by atoms with van der Waals surface area (Å²) in [7, 11) is 0. The molecule has 3 rings (SSSR count). The minimum Gasteiger partial charge on any atom is -0.459 e. The highest BCUT2D eigenvalue weighted by Gasteiger charge is 2.63. The molecule has 3 fully saturated rings. The summed E-state index contributed by atoms with van der Waals surface area (Å²) in [5.74, 6) is -0.641. The summed E-state index contributed by atoms with van der Waals surface area (Å²) in [6, 6.07) is 0. The van der Waals surface area contributed by atoms with E-state index in [2.05, 4.69) is 0 Å². The molecule has 3 heterocycles. The average molecular weight is 184 g/mol. The predicted octanol–water partition coefficient (Wildman–Crippen LogP) is 0.598. The Balaban J connectivity index is 1.97. The fourth-order valence-corrected chi connectivity index (χ4v) is 2.63. The van der Waals surface area contributed by atoms with Gasteiger partial charge in [-0.1, -0.05) is 0 Å². The van der Waals surface area contributed by atoms with Crippen molar-refractivity contribution >= 4 is 5.97 Å². The Kier molecular flexibility index (Phi) is 1.23.